The zero-order valence-electron chi connectivity index (χ0n) is 10.6. The second kappa shape index (κ2) is 5.31. The van der Waals surface area contributed by atoms with Crippen LogP contribution in [0.2, 0.25) is 0 Å². The fourth-order valence-corrected chi connectivity index (χ4v) is 2.07. The number of benzene rings is 1. The number of rotatable bonds is 4. The van der Waals surface area contributed by atoms with Crippen molar-refractivity contribution in [3.8, 4) is 0 Å². The molecule has 0 bridgehead atoms. The van der Waals surface area contributed by atoms with E-state index in [1.165, 1.54) is 6.92 Å². The van der Waals surface area contributed by atoms with Crippen molar-refractivity contribution in [3.63, 3.8) is 0 Å². The Morgan fingerprint density at radius 3 is 2.72 bits per heavy atom. The SMILES string of the molecule is CC(=O)OCCC1(c2ccccc2)C=NC(C)O1. The Morgan fingerprint density at radius 1 is 1.44 bits per heavy atom. The first-order valence-electron chi connectivity index (χ1n) is 6.03. The third-order valence-corrected chi connectivity index (χ3v) is 2.92. The largest absolute Gasteiger partial charge is 0.466 e. The highest BCUT2D eigenvalue weighted by atomic mass is 16.5. The lowest BCUT2D eigenvalue weighted by molar-refractivity contribution is -0.142. The van der Waals surface area contributed by atoms with Gasteiger partial charge in [-0.25, -0.2) is 0 Å². The van der Waals surface area contributed by atoms with Crippen LogP contribution in [0.15, 0.2) is 35.3 Å². The fraction of sp³-hybridized carbons (Fsp3) is 0.429. The maximum absolute atomic E-state index is 10.8. The van der Waals surface area contributed by atoms with Gasteiger partial charge in [0.25, 0.3) is 0 Å². The van der Waals surface area contributed by atoms with Crippen molar-refractivity contribution in [1.82, 2.24) is 0 Å². The molecule has 0 spiro atoms. The fourth-order valence-electron chi connectivity index (χ4n) is 2.07. The van der Waals surface area contributed by atoms with Crippen molar-refractivity contribution in [2.24, 2.45) is 4.99 Å². The lowest BCUT2D eigenvalue weighted by atomic mass is 9.92. The monoisotopic (exact) mass is 247 g/mol. The molecule has 96 valence electrons. The molecule has 18 heavy (non-hydrogen) atoms. The van der Waals surface area contributed by atoms with E-state index in [0.29, 0.717) is 13.0 Å². The van der Waals surface area contributed by atoms with Gasteiger partial charge in [0, 0.05) is 19.6 Å². The van der Waals surface area contributed by atoms with Crippen LogP contribution in [-0.2, 0) is 19.9 Å². The molecule has 0 aromatic heterocycles. The molecule has 0 radical (unpaired) electrons. The van der Waals surface area contributed by atoms with Crippen LogP contribution in [-0.4, -0.2) is 25.0 Å². The summed E-state index contributed by atoms with van der Waals surface area (Å²) in [5, 5.41) is 0. The van der Waals surface area contributed by atoms with E-state index < -0.39 is 5.60 Å². The molecule has 1 heterocycles. The number of hydrogen-bond donors (Lipinski definition) is 0. The van der Waals surface area contributed by atoms with Crippen LogP contribution in [0.4, 0.5) is 0 Å². The predicted octanol–water partition coefficient (Wildman–Crippen LogP) is 2.28. The molecular weight excluding hydrogens is 230 g/mol. The average Bonchev–Trinajstić information content (AvgIpc) is 2.73. The molecule has 0 saturated heterocycles. The van der Waals surface area contributed by atoms with E-state index in [1.54, 1.807) is 0 Å². The van der Waals surface area contributed by atoms with E-state index in [4.69, 9.17) is 9.47 Å². The molecule has 2 atom stereocenters. The summed E-state index contributed by atoms with van der Waals surface area (Å²) in [5.74, 6) is -0.277. The Kier molecular flexibility index (Phi) is 3.77. The van der Waals surface area contributed by atoms with Crippen LogP contribution in [0, 0.1) is 0 Å². The molecule has 0 saturated carbocycles. The van der Waals surface area contributed by atoms with Gasteiger partial charge in [-0.2, -0.15) is 0 Å². The second-order valence-corrected chi connectivity index (χ2v) is 4.34. The number of aliphatic imine (C=N–C) groups is 1. The third-order valence-electron chi connectivity index (χ3n) is 2.92. The highest BCUT2D eigenvalue weighted by Gasteiger charge is 2.37. The van der Waals surface area contributed by atoms with E-state index in [9.17, 15) is 4.79 Å². The van der Waals surface area contributed by atoms with Gasteiger partial charge >= 0.3 is 5.97 Å². The van der Waals surface area contributed by atoms with Gasteiger partial charge in [0.1, 0.15) is 11.8 Å². The molecule has 1 aliphatic rings. The van der Waals surface area contributed by atoms with Gasteiger partial charge in [-0.1, -0.05) is 30.3 Å². The molecule has 0 aliphatic carbocycles. The van der Waals surface area contributed by atoms with Crippen LogP contribution in [0.3, 0.4) is 0 Å². The smallest absolute Gasteiger partial charge is 0.302 e. The predicted molar refractivity (Wildman–Crippen MR) is 68.4 cm³/mol. The lowest BCUT2D eigenvalue weighted by Crippen LogP contribution is -2.31. The summed E-state index contributed by atoms with van der Waals surface area (Å²) < 4.78 is 10.9. The summed E-state index contributed by atoms with van der Waals surface area (Å²) in [6.07, 6.45) is 2.23. The van der Waals surface area contributed by atoms with Crippen molar-refractivity contribution in [2.45, 2.75) is 32.1 Å². The third kappa shape index (κ3) is 2.76. The van der Waals surface area contributed by atoms with Crippen LogP contribution >= 0.6 is 0 Å². The number of carbonyl (C=O) groups excluding carboxylic acids is 1. The molecule has 1 aromatic rings. The Hall–Kier alpha value is -1.68. The van der Waals surface area contributed by atoms with Gasteiger partial charge in [-0.3, -0.25) is 9.79 Å². The minimum absolute atomic E-state index is 0.164. The van der Waals surface area contributed by atoms with E-state index in [2.05, 4.69) is 4.99 Å². The normalized spacial score (nSPS) is 26.2. The molecule has 0 amide bonds. The maximum Gasteiger partial charge on any atom is 0.302 e. The van der Waals surface area contributed by atoms with E-state index >= 15 is 0 Å². The zero-order valence-corrected chi connectivity index (χ0v) is 10.6. The summed E-state index contributed by atoms with van der Waals surface area (Å²) in [4.78, 5) is 15.1. The summed E-state index contributed by atoms with van der Waals surface area (Å²) in [6.45, 7) is 3.62. The maximum atomic E-state index is 10.8. The van der Waals surface area contributed by atoms with Gasteiger partial charge < -0.3 is 9.47 Å². The Balaban J connectivity index is 2.15. The van der Waals surface area contributed by atoms with Gasteiger partial charge in [0.15, 0.2) is 0 Å². The van der Waals surface area contributed by atoms with Crippen molar-refractivity contribution in [1.29, 1.82) is 0 Å². The summed E-state index contributed by atoms with van der Waals surface area (Å²) >= 11 is 0. The Labute approximate surface area is 107 Å². The Morgan fingerprint density at radius 2 is 2.17 bits per heavy atom. The van der Waals surface area contributed by atoms with Crippen LogP contribution in [0.1, 0.15) is 25.8 Å². The quantitative estimate of drug-likeness (QED) is 0.767. The van der Waals surface area contributed by atoms with Gasteiger partial charge in [-0.15, -0.1) is 0 Å². The van der Waals surface area contributed by atoms with Gasteiger partial charge in [-0.05, 0) is 12.5 Å². The van der Waals surface area contributed by atoms with Gasteiger partial charge in [0.2, 0.25) is 0 Å². The summed E-state index contributed by atoms with van der Waals surface area (Å²) in [7, 11) is 0. The van der Waals surface area contributed by atoms with Crippen molar-refractivity contribution in [2.75, 3.05) is 6.61 Å². The van der Waals surface area contributed by atoms with Crippen LogP contribution < -0.4 is 0 Å². The van der Waals surface area contributed by atoms with Crippen LogP contribution in [0.5, 0.6) is 0 Å². The van der Waals surface area contributed by atoms with E-state index in [1.807, 2.05) is 43.5 Å². The number of ether oxygens (including phenoxy) is 2. The first-order valence-corrected chi connectivity index (χ1v) is 6.03. The van der Waals surface area contributed by atoms with Crippen molar-refractivity contribution < 1.29 is 14.3 Å². The second-order valence-electron chi connectivity index (χ2n) is 4.34. The number of carbonyl (C=O) groups is 1. The van der Waals surface area contributed by atoms with Gasteiger partial charge in [0.05, 0.1) is 6.61 Å². The molecule has 2 unspecified atom stereocenters. The molecule has 4 heteroatoms. The summed E-state index contributed by atoms with van der Waals surface area (Å²) in [6, 6.07) is 9.88. The van der Waals surface area contributed by atoms with Crippen molar-refractivity contribution >= 4 is 12.2 Å². The average molecular weight is 247 g/mol. The highest BCUT2D eigenvalue weighted by molar-refractivity contribution is 5.73. The molecule has 0 N–H and O–H groups in total. The molecule has 1 aromatic carbocycles. The first-order chi connectivity index (χ1) is 8.62. The minimum atomic E-state index is -0.573. The summed E-state index contributed by atoms with van der Waals surface area (Å²) in [5.41, 5.74) is 0.459. The number of nitrogens with zero attached hydrogens (tertiary/aromatic N) is 1. The standard InChI is InChI=1S/C14H17NO3/c1-11-15-10-14(18-11,8-9-17-12(2)16)13-6-4-3-5-7-13/h3-7,10-11H,8-9H2,1-2H3. The molecule has 0 fully saturated rings. The van der Waals surface area contributed by atoms with Crippen LogP contribution in [0.25, 0.3) is 0 Å². The molecular formula is C14H17NO3. The number of esters is 1. The Bertz CT molecular complexity index is 444. The van der Waals surface area contributed by atoms with Crippen molar-refractivity contribution in [3.05, 3.63) is 35.9 Å². The minimum Gasteiger partial charge on any atom is -0.466 e. The lowest BCUT2D eigenvalue weighted by Gasteiger charge is -2.27. The van der Waals surface area contributed by atoms with E-state index in [-0.39, 0.29) is 12.2 Å². The zero-order chi connectivity index (χ0) is 13.0. The molecule has 2 rings (SSSR count). The van der Waals surface area contributed by atoms with E-state index in [0.717, 1.165) is 5.56 Å². The number of hydrogen-bond acceptors (Lipinski definition) is 4. The topological polar surface area (TPSA) is 47.9 Å². The first kappa shape index (κ1) is 12.8. The molecule has 1 aliphatic heterocycles. The highest BCUT2D eigenvalue weighted by Crippen LogP contribution is 2.33. The molecule has 4 nitrogen and oxygen atoms in total.